The van der Waals surface area contributed by atoms with Gasteiger partial charge in [-0.2, -0.15) is 0 Å². The maximum atomic E-state index is 9.69. The van der Waals surface area contributed by atoms with Crippen LogP contribution in [0.4, 0.5) is 0 Å². The molecule has 14 heavy (non-hydrogen) atoms. The summed E-state index contributed by atoms with van der Waals surface area (Å²) in [5, 5.41) is 9.69. The molecule has 0 aliphatic heterocycles. The topological polar surface area (TPSA) is 46.0 Å². The van der Waals surface area contributed by atoms with E-state index in [-0.39, 0.29) is 0 Å². The van der Waals surface area contributed by atoms with Gasteiger partial charge in [-0.3, -0.25) is 0 Å². The molecule has 1 N–H and O–H groups in total. The highest BCUT2D eigenvalue weighted by Gasteiger charge is 2.22. The molecule has 0 radical (unpaired) electrons. The summed E-state index contributed by atoms with van der Waals surface area (Å²) in [6.07, 6.45) is 3.16. The minimum Gasteiger partial charge on any atom is -0.371 e. The first-order valence-electron chi connectivity index (χ1n) is 4.60. The maximum absolute atomic E-state index is 9.69. The van der Waals surface area contributed by atoms with Crippen LogP contribution >= 0.6 is 0 Å². The molecule has 0 spiro atoms. The normalized spacial score (nSPS) is 12.6. The van der Waals surface area contributed by atoms with Gasteiger partial charge in [0.05, 0.1) is 0 Å². The van der Waals surface area contributed by atoms with Crippen LogP contribution in [0.3, 0.4) is 0 Å². The molecule has 1 unspecified atom stereocenters. The standard InChI is InChI=1S/C9H10N2O.C2H6/c1-3-5-9(2,12)8-10-6-4-7-11-8;1-2/h4,6-7,12H,1-2H3;1-2H3. The molecule has 1 aromatic heterocycles. The largest absolute Gasteiger partial charge is 0.371 e. The number of aliphatic hydroxyl groups is 1. The van der Waals surface area contributed by atoms with Crippen LogP contribution in [0.5, 0.6) is 0 Å². The van der Waals surface area contributed by atoms with Crippen LogP contribution in [0.1, 0.15) is 33.5 Å². The minimum absolute atomic E-state index is 0.333. The van der Waals surface area contributed by atoms with Crippen molar-refractivity contribution < 1.29 is 5.11 Å². The number of hydrogen-bond acceptors (Lipinski definition) is 3. The van der Waals surface area contributed by atoms with Gasteiger partial charge < -0.3 is 5.11 Å². The number of rotatable bonds is 1. The van der Waals surface area contributed by atoms with E-state index in [4.69, 9.17) is 0 Å². The third kappa shape index (κ3) is 3.55. The van der Waals surface area contributed by atoms with Crippen LogP contribution in [0.2, 0.25) is 0 Å². The molecule has 0 bridgehead atoms. The molecule has 1 aromatic rings. The molecule has 1 rings (SSSR count). The summed E-state index contributed by atoms with van der Waals surface area (Å²) in [5.74, 6) is 5.58. The van der Waals surface area contributed by atoms with Gasteiger partial charge in [-0.25, -0.2) is 9.97 Å². The number of aromatic nitrogens is 2. The fourth-order valence-corrected chi connectivity index (χ4v) is 0.850. The van der Waals surface area contributed by atoms with E-state index in [0.29, 0.717) is 5.82 Å². The molecule has 0 aliphatic carbocycles. The van der Waals surface area contributed by atoms with Crippen molar-refractivity contribution in [1.82, 2.24) is 9.97 Å². The van der Waals surface area contributed by atoms with Gasteiger partial charge in [0, 0.05) is 12.4 Å². The Kier molecular flexibility index (Phi) is 5.50. The second kappa shape index (κ2) is 6.11. The summed E-state index contributed by atoms with van der Waals surface area (Å²) < 4.78 is 0. The van der Waals surface area contributed by atoms with Gasteiger partial charge in [-0.1, -0.05) is 19.8 Å². The van der Waals surface area contributed by atoms with Crippen LogP contribution in [-0.4, -0.2) is 15.1 Å². The molecule has 0 fully saturated rings. The molecule has 3 heteroatoms. The summed E-state index contributed by atoms with van der Waals surface area (Å²) in [5.41, 5.74) is -1.24. The Morgan fingerprint density at radius 2 is 1.79 bits per heavy atom. The van der Waals surface area contributed by atoms with Crippen molar-refractivity contribution >= 4 is 0 Å². The van der Waals surface area contributed by atoms with E-state index in [2.05, 4.69) is 21.8 Å². The summed E-state index contributed by atoms with van der Waals surface area (Å²) in [4.78, 5) is 7.81. The molecule has 0 saturated carbocycles. The molecule has 3 nitrogen and oxygen atoms in total. The number of nitrogens with zero attached hydrogens (tertiary/aromatic N) is 2. The van der Waals surface area contributed by atoms with E-state index in [1.165, 1.54) is 0 Å². The van der Waals surface area contributed by atoms with Crippen LogP contribution in [-0.2, 0) is 5.60 Å². The van der Waals surface area contributed by atoms with Crippen molar-refractivity contribution in [2.75, 3.05) is 0 Å². The lowest BCUT2D eigenvalue weighted by Gasteiger charge is -2.13. The van der Waals surface area contributed by atoms with Crippen LogP contribution < -0.4 is 0 Å². The summed E-state index contributed by atoms with van der Waals surface area (Å²) >= 11 is 0. The van der Waals surface area contributed by atoms with Crippen molar-refractivity contribution in [3.8, 4) is 11.8 Å². The first-order valence-corrected chi connectivity index (χ1v) is 4.60. The average Bonchev–Trinajstić information content (AvgIpc) is 2.22. The first-order chi connectivity index (χ1) is 6.67. The third-order valence-electron chi connectivity index (χ3n) is 1.37. The van der Waals surface area contributed by atoms with E-state index in [1.807, 2.05) is 13.8 Å². The SMILES string of the molecule is CC.CC#CC(C)(O)c1ncccn1. The average molecular weight is 192 g/mol. The molecule has 0 saturated heterocycles. The summed E-state index contributed by atoms with van der Waals surface area (Å²) in [7, 11) is 0. The highest BCUT2D eigenvalue weighted by atomic mass is 16.3. The van der Waals surface area contributed by atoms with E-state index in [0.717, 1.165) is 0 Å². The number of hydrogen-bond donors (Lipinski definition) is 1. The van der Waals surface area contributed by atoms with E-state index >= 15 is 0 Å². The van der Waals surface area contributed by atoms with Gasteiger partial charge in [-0.15, -0.1) is 5.92 Å². The minimum atomic E-state index is -1.24. The molecule has 1 heterocycles. The van der Waals surface area contributed by atoms with E-state index < -0.39 is 5.60 Å². The Bertz CT molecular complexity index is 309. The fraction of sp³-hybridized carbons (Fsp3) is 0.455. The maximum Gasteiger partial charge on any atom is 0.182 e. The molecule has 0 aromatic carbocycles. The van der Waals surface area contributed by atoms with Crippen molar-refractivity contribution in [3.05, 3.63) is 24.3 Å². The lowest BCUT2D eigenvalue weighted by atomic mass is 10.1. The van der Waals surface area contributed by atoms with Gasteiger partial charge >= 0.3 is 0 Å². The Morgan fingerprint density at radius 3 is 2.21 bits per heavy atom. The molecular weight excluding hydrogens is 176 g/mol. The monoisotopic (exact) mass is 192 g/mol. The van der Waals surface area contributed by atoms with Crippen LogP contribution in [0.25, 0.3) is 0 Å². The van der Waals surface area contributed by atoms with Gasteiger partial charge in [0.2, 0.25) is 0 Å². The lowest BCUT2D eigenvalue weighted by Crippen LogP contribution is -2.21. The molecular formula is C11H16N2O. The summed E-state index contributed by atoms with van der Waals surface area (Å²) in [6.45, 7) is 7.23. The smallest absolute Gasteiger partial charge is 0.182 e. The second-order valence-corrected chi connectivity index (χ2v) is 2.52. The van der Waals surface area contributed by atoms with E-state index in [9.17, 15) is 5.11 Å². The van der Waals surface area contributed by atoms with Crippen molar-refractivity contribution in [2.45, 2.75) is 33.3 Å². The molecule has 76 valence electrons. The van der Waals surface area contributed by atoms with Crippen LogP contribution in [0.15, 0.2) is 18.5 Å². The van der Waals surface area contributed by atoms with Crippen molar-refractivity contribution in [3.63, 3.8) is 0 Å². The van der Waals surface area contributed by atoms with Crippen LogP contribution in [0, 0.1) is 11.8 Å². The van der Waals surface area contributed by atoms with Crippen molar-refractivity contribution in [1.29, 1.82) is 0 Å². The second-order valence-electron chi connectivity index (χ2n) is 2.52. The zero-order valence-corrected chi connectivity index (χ0v) is 9.07. The van der Waals surface area contributed by atoms with E-state index in [1.54, 1.807) is 32.3 Å². The first kappa shape index (κ1) is 12.6. The highest BCUT2D eigenvalue weighted by Crippen LogP contribution is 2.13. The Hall–Kier alpha value is -1.40. The van der Waals surface area contributed by atoms with Crippen molar-refractivity contribution in [2.24, 2.45) is 0 Å². The quantitative estimate of drug-likeness (QED) is 0.689. The Morgan fingerprint density at radius 1 is 1.29 bits per heavy atom. The van der Waals surface area contributed by atoms with Gasteiger partial charge in [0.1, 0.15) is 0 Å². The highest BCUT2D eigenvalue weighted by molar-refractivity contribution is 5.18. The Balaban J connectivity index is 0.000000791. The predicted molar refractivity (Wildman–Crippen MR) is 56.4 cm³/mol. The fourth-order valence-electron chi connectivity index (χ4n) is 0.850. The molecule has 0 amide bonds. The Labute approximate surface area is 85.2 Å². The zero-order chi connectivity index (χ0) is 11.0. The zero-order valence-electron chi connectivity index (χ0n) is 9.07. The summed E-state index contributed by atoms with van der Waals surface area (Å²) in [6, 6.07) is 1.69. The van der Waals surface area contributed by atoms with Gasteiger partial charge in [-0.05, 0) is 19.9 Å². The third-order valence-corrected chi connectivity index (χ3v) is 1.37. The molecule has 1 atom stereocenters. The predicted octanol–water partition coefficient (Wildman–Crippen LogP) is 1.73. The van der Waals surface area contributed by atoms with Gasteiger partial charge in [0.25, 0.3) is 0 Å². The lowest BCUT2D eigenvalue weighted by molar-refractivity contribution is 0.112. The molecule has 0 aliphatic rings. The van der Waals surface area contributed by atoms with Gasteiger partial charge in [0.15, 0.2) is 11.4 Å².